The van der Waals surface area contributed by atoms with Gasteiger partial charge in [0.05, 0.1) is 11.8 Å². The summed E-state index contributed by atoms with van der Waals surface area (Å²) in [4.78, 5) is 16.6. The molecule has 0 bridgehead atoms. The highest BCUT2D eigenvalue weighted by molar-refractivity contribution is 5.89. The maximum atomic E-state index is 15.4. The van der Waals surface area contributed by atoms with Crippen molar-refractivity contribution < 1.29 is 18.7 Å². The molecule has 2 aromatic rings. The van der Waals surface area contributed by atoms with E-state index in [2.05, 4.69) is 4.98 Å². The molecule has 1 aliphatic carbocycles. The number of hydrogen-bond acceptors (Lipinski definition) is 3. The van der Waals surface area contributed by atoms with Crippen LogP contribution in [0.5, 0.6) is 0 Å². The van der Waals surface area contributed by atoms with Crippen LogP contribution in [0.4, 0.5) is 8.78 Å². The fourth-order valence-electron chi connectivity index (χ4n) is 3.33. The van der Waals surface area contributed by atoms with Gasteiger partial charge in [0.15, 0.2) is 11.5 Å². The number of carbonyl (C=O) groups excluding carboxylic acids is 1. The molecule has 0 aliphatic heterocycles. The second-order valence-electron chi connectivity index (χ2n) is 6.25. The lowest BCUT2D eigenvalue weighted by Crippen LogP contribution is -2.37. The smallest absolute Gasteiger partial charge is 0.195 e. The first-order valence-electron chi connectivity index (χ1n) is 8.03. The minimum absolute atomic E-state index is 0.0814. The van der Waals surface area contributed by atoms with Gasteiger partial charge in [-0.25, -0.2) is 8.78 Å². The number of ketones is 1. The summed E-state index contributed by atoms with van der Waals surface area (Å²) in [5.74, 6) is -0.969. The SMILES string of the molecule is Cc1cccc(F)c1CCC(=O)[C@]1(F)CC[C@H](O)c2ncccc21. The Hall–Kier alpha value is -2.14. The van der Waals surface area contributed by atoms with Gasteiger partial charge in [-0.15, -0.1) is 0 Å². The van der Waals surface area contributed by atoms with Gasteiger partial charge in [-0.2, -0.15) is 0 Å². The number of fused-ring (bicyclic) bond motifs is 1. The summed E-state index contributed by atoms with van der Waals surface area (Å²) >= 11 is 0. The molecule has 0 saturated carbocycles. The number of halogens is 2. The summed E-state index contributed by atoms with van der Waals surface area (Å²) in [6.07, 6.45) is 0.740. The highest BCUT2D eigenvalue weighted by atomic mass is 19.1. The first-order chi connectivity index (χ1) is 11.4. The number of aryl methyl sites for hydroxylation is 1. The number of rotatable bonds is 4. The molecule has 1 aromatic carbocycles. The Morgan fingerprint density at radius 2 is 2.17 bits per heavy atom. The van der Waals surface area contributed by atoms with Crippen molar-refractivity contribution in [2.75, 3.05) is 0 Å². The Morgan fingerprint density at radius 1 is 1.38 bits per heavy atom. The minimum atomic E-state index is -2.16. The number of nitrogens with zero attached hydrogens (tertiary/aromatic N) is 1. The molecule has 3 nitrogen and oxygen atoms in total. The van der Waals surface area contributed by atoms with Crippen LogP contribution in [0.25, 0.3) is 0 Å². The minimum Gasteiger partial charge on any atom is -0.387 e. The van der Waals surface area contributed by atoms with Gasteiger partial charge >= 0.3 is 0 Å². The van der Waals surface area contributed by atoms with Crippen molar-refractivity contribution in [1.29, 1.82) is 0 Å². The monoisotopic (exact) mass is 331 g/mol. The summed E-state index contributed by atoms with van der Waals surface area (Å²) in [5.41, 5.74) is -0.614. The standard InChI is InChI=1S/C19H19F2NO2/c1-12-4-2-6-15(20)13(12)7-8-17(24)19(21)10-9-16(23)18-14(19)5-3-11-22-18/h2-6,11,16,23H,7-10H2,1H3/t16-,19-/m0/s1. The molecule has 1 aromatic heterocycles. The van der Waals surface area contributed by atoms with Crippen LogP contribution in [0.2, 0.25) is 0 Å². The number of carbonyl (C=O) groups is 1. The second-order valence-corrected chi connectivity index (χ2v) is 6.25. The summed E-state index contributed by atoms with van der Waals surface area (Å²) in [6, 6.07) is 7.77. The van der Waals surface area contributed by atoms with Crippen LogP contribution in [-0.2, 0) is 16.9 Å². The summed E-state index contributed by atoms with van der Waals surface area (Å²) in [5, 5.41) is 9.97. The van der Waals surface area contributed by atoms with Gasteiger partial charge in [0.25, 0.3) is 0 Å². The zero-order valence-corrected chi connectivity index (χ0v) is 13.4. The van der Waals surface area contributed by atoms with Crippen molar-refractivity contribution in [1.82, 2.24) is 4.98 Å². The number of hydrogen-bond donors (Lipinski definition) is 1. The largest absolute Gasteiger partial charge is 0.387 e. The van der Waals surface area contributed by atoms with Crippen molar-refractivity contribution in [3.63, 3.8) is 0 Å². The van der Waals surface area contributed by atoms with Gasteiger partial charge in [-0.1, -0.05) is 18.2 Å². The molecular formula is C19H19F2NO2. The average Bonchev–Trinajstić information content (AvgIpc) is 2.58. The molecule has 0 radical (unpaired) electrons. The molecule has 0 amide bonds. The number of benzene rings is 1. The third kappa shape index (κ3) is 2.84. The lowest BCUT2D eigenvalue weighted by Gasteiger charge is -2.32. The highest BCUT2D eigenvalue weighted by Crippen LogP contribution is 2.43. The Morgan fingerprint density at radius 3 is 2.92 bits per heavy atom. The maximum Gasteiger partial charge on any atom is 0.195 e. The Bertz CT molecular complexity index is 757. The Labute approximate surface area is 139 Å². The number of Topliss-reactive ketones (excluding diaryl/α,β-unsaturated/α-hetero) is 1. The lowest BCUT2D eigenvalue weighted by atomic mass is 9.77. The topological polar surface area (TPSA) is 50.2 Å². The number of pyridine rings is 1. The maximum absolute atomic E-state index is 15.4. The molecule has 24 heavy (non-hydrogen) atoms. The molecule has 0 fully saturated rings. The van der Waals surface area contributed by atoms with E-state index in [0.717, 1.165) is 5.56 Å². The molecule has 0 saturated heterocycles. The summed E-state index contributed by atoms with van der Waals surface area (Å²) in [7, 11) is 0. The zero-order chi connectivity index (χ0) is 17.3. The number of aliphatic hydroxyl groups excluding tert-OH is 1. The molecule has 5 heteroatoms. The highest BCUT2D eigenvalue weighted by Gasteiger charge is 2.45. The number of aliphatic hydroxyl groups is 1. The zero-order valence-electron chi connectivity index (χ0n) is 13.4. The lowest BCUT2D eigenvalue weighted by molar-refractivity contribution is -0.133. The van der Waals surface area contributed by atoms with Crippen LogP contribution >= 0.6 is 0 Å². The van der Waals surface area contributed by atoms with Crippen LogP contribution in [0, 0.1) is 12.7 Å². The van der Waals surface area contributed by atoms with Gasteiger partial charge < -0.3 is 5.11 Å². The molecule has 1 N–H and O–H groups in total. The molecular weight excluding hydrogens is 312 g/mol. The normalized spacial score (nSPS) is 22.9. The van der Waals surface area contributed by atoms with Crippen LogP contribution in [-0.4, -0.2) is 15.9 Å². The fraction of sp³-hybridized carbons (Fsp3) is 0.368. The third-order valence-corrected chi connectivity index (χ3v) is 4.74. The third-order valence-electron chi connectivity index (χ3n) is 4.74. The van der Waals surface area contributed by atoms with E-state index in [9.17, 15) is 14.3 Å². The van der Waals surface area contributed by atoms with Crippen LogP contribution in [0.3, 0.4) is 0 Å². The van der Waals surface area contributed by atoms with Crippen molar-refractivity contribution in [2.45, 2.75) is 44.4 Å². The fourth-order valence-corrected chi connectivity index (χ4v) is 3.33. The van der Waals surface area contributed by atoms with E-state index in [1.54, 1.807) is 25.1 Å². The quantitative estimate of drug-likeness (QED) is 0.929. The molecule has 126 valence electrons. The summed E-state index contributed by atoms with van der Waals surface area (Å²) in [6.45, 7) is 1.77. The first kappa shape index (κ1) is 16.7. The van der Waals surface area contributed by atoms with Crippen LogP contribution in [0.15, 0.2) is 36.5 Å². The van der Waals surface area contributed by atoms with Crippen molar-refractivity contribution in [3.05, 3.63) is 64.7 Å². The molecule has 0 unspecified atom stereocenters. The van der Waals surface area contributed by atoms with E-state index in [1.165, 1.54) is 18.3 Å². The van der Waals surface area contributed by atoms with E-state index in [-0.39, 0.29) is 42.8 Å². The van der Waals surface area contributed by atoms with Gasteiger partial charge in [-0.05, 0) is 49.4 Å². The van der Waals surface area contributed by atoms with E-state index in [1.807, 2.05) is 0 Å². The first-order valence-corrected chi connectivity index (χ1v) is 8.03. The molecule has 1 aliphatic rings. The second kappa shape index (κ2) is 6.40. The van der Waals surface area contributed by atoms with E-state index < -0.39 is 17.6 Å². The molecule has 1 heterocycles. The van der Waals surface area contributed by atoms with E-state index in [4.69, 9.17) is 0 Å². The van der Waals surface area contributed by atoms with Crippen molar-refractivity contribution in [2.24, 2.45) is 0 Å². The molecule has 0 spiro atoms. The van der Waals surface area contributed by atoms with E-state index >= 15 is 4.39 Å². The summed E-state index contributed by atoms with van der Waals surface area (Å²) < 4.78 is 29.3. The average molecular weight is 331 g/mol. The van der Waals surface area contributed by atoms with Crippen LogP contribution in [0.1, 0.15) is 47.8 Å². The Kier molecular flexibility index (Phi) is 4.45. The van der Waals surface area contributed by atoms with Gasteiger partial charge in [0.2, 0.25) is 0 Å². The van der Waals surface area contributed by atoms with Gasteiger partial charge in [0, 0.05) is 18.2 Å². The van der Waals surface area contributed by atoms with Gasteiger partial charge in [-0.3, -0.25) is 9.78 Å². The number of alkyl halides is 1. The molecule has 2 atom stereocenters. The van der Waals surface area contributed by atoms with Crippen LogP contribution < -0.4 is 0 Å². The molecule has 3 rings (SSSR count). The number of aromatic nitrogens is 1. The van der Waals surface area contributed by atoms with Gasteiger partial charge in [0.1, 0.15) is 5.82 Å². The Balaban J connectivity index is 1.84. The predicted molar refractivity (Wildman–Crippen MR) is 85.7 cm³/mol. The van der Waals surface area contributed by atoms with Crippen molar-refractivity contribution in [3.8, 4) is 0 Å². The van der Waals surface area contributed by atoms with E-state index in [0.29, 0.717) is 5.56 Å². The van der Waals surface area contributed by atoms with Crippen molar-refractivity contribution >= 4 is 5.78 Å². The predicted octanol–water partition coefficient (Wildman–Crippen LogP) is 3.72.